The Morgan fingerprint density at radius 3 is 2.50 bits per heavy atom. The van der Waals surface area contributed by atoms with E-state index in [1.54, 1.807) is 18.5 Å². The number of halogens is 3. The highest BCUT2D eigenvalue weighted by Crippen LogP contribution is 2.38. The molecule has 0 atom stereocenters. The topological polar surface area (TPSA) is 34.9 Å². The van der Waals surface area contributed by atoms with Crippen molar-refractivity contribution in [3.05, 3.63) is 61.9 Å². The summed E-state index contributed by atoms with van der Waals surface area (Å²) in [5.74, 6) is -1.41. The Morgan fingerprint density at radius 2 is 1.96 bits per heavy atom. The van der Waals surface area contributed by atoms with Crippen molar-refractivity contribution in [1.29, 1.82) is 0 Å². The van der Waals surface area contributed by atoms with Crippen LogP contribution in [0, 0.1) is 18.6 Å². The number of benzene rings is 1. The first kappa shape index (κ1) is 17.0. The van der Waals surface area contributed by atoms with E-state index in [0.717, 1.165) is 10.6 Å². The maximum Gasteiger partial charge on any atom is 0.265 e. The molecule has 24 heavy (non-hydrogen) atoms. The van der Waals surface area contributed by atoms with E-state index in [1.807, 2.05) is 6.92 Å². The van der Waals surface area contributed by atoms with Crippen molar-refractivity contribution in [3.63, 3.8) is 0 Å². The first-order valence-electron chi connectivity index (χ1n) is 7.23. The average molecular weight is 411 g/mol. The van der Waals surface area contributed by atoms with Gasteiger partial charge in [-0.2, -0.15) is 0 Å². The molecule has 0 radical (unpaired) electrons. The lowest BCUT2D eigenvalue weighted by Gasteiger charge is -2.18. The zero-order valence-electron chi connectivity index (χ0n) is 12.9. The Bertz CT molecular complexity index is 961. The van der Waals surface area contributed by atoms with Crippen LogP contribution in [-0.4, -0.2) is 9.55 Å². The fraction of sp³-hybridized carbons (Fsp3) is 0.176. The van der Waals surface area contributed by atoms with Crippen LogP contribution in [0.2, 0.25) is 0 Å². The normalized spacial score (nSPS) is 11.0. The van der Waals surface area contributed by atoms with Crippen LogP contribution in [0.3, 0.4) is 0 Å². The molecule has 0 aliphatic carbocycles. The van der Waals surface area contributed by atoms with Gasteiger partial charge < -0.3 is 4.57 Å². The monoisotopic (exact) mass is 410 g/mol. The van der Waals surface area contributed by atoms with Gasteiger partial charge in [-0.1, -0.05) is 6.07 Å². The maximum atomic E-state index is 14.4. The van der Waals surface area contributed by atoms with Crippen molar-refractivity contribution >= 4 is 27.3 Å². The molecule has 0 aliphatic rings. The smallest absolute Gasteiger partial charge is 0.265 e. The summed E-state index contributed by atoms with van der Waals surface area (Å²) in [7, 11) is 0. The third kappa shape index (κ3) is 2.71. The van der Waals surface area contributed by atoms with Gasteiger partial charge in [-0.3, -0.25) is 4.79 Å². The molecule has 0 amide bonds. The summed E-state index contributed by atoms with van der Waals surface area (Å²) in [4.78, 5) is 17.5. The second kappa shape index (κ2) is 6.57. The lowest BCUT2D eigenvalue weighted by molar-refractivity contribution is 0.584. The van der Waals surface area contributed by atoms with Crippen molar-refractivity contribution in [2.75, 3.05) is 0 Å². The maximum absolute atomic E-state index is 14.4. The number of aromatic nitrogens is 2. The minimum absolute atomic E-state index is 0.202. The molecule has 0 fully saturated rings. The van der Waals surface area contributed by atoms with Gasteiger partial charge in [0.1, 0.15) is 11.6 Å². The molecule has 0 bridgehead atoms. The fourth-order valence-corrected chi connectivity index (χ4v) is 3.93. The van der Waals surface area contributed by atoms with Crippen molar-refractivity contribution in [3.8, 4) is 21.7 Å². The Balaban J connectivity index is 2.50. The zero-order chi connectivity index (χ0) is 17.4. The van der Waals surface area contributed by atoms with Crippen LogP contribution in [0.25, 0.3) is 21.7 Å². The van der Waals surface area contributed by atoms with Gasteiger partial charge in [0.25, 0.3) is 5.56 Å². The summed E-state index contributed by atoms with van der Waals surface area (Å²) in [5, 5.41) is 0. The summed E-state index contributed by atoms with van der Waals surface area (Å²) in [6.07, 6.45) is 0. The predicted molar refractivity (Wildman–Crippen MR) is 95.3 cm³/mol. The minimum atomic E-state index is -0.706. The molecule has 2 heterocycles. The Morgan fingerprint density at radius 1 is 1.29 bits per heavy atom. The van der Waals surface area contributed by atoms with E-state index in [-0.39, 0.29) is 23.4 Å². The SMILES string of the molecule is CCn1c(-c2c(F)cccc2F)c(-c2scnc2C)cc(Br)c1=O. The first-order chi connectivity index (χ1) is 11.5. The van der Waals surface area contributed by atoms with Gasteiger partial charge in [0.2, 0.25) is 0 Å². The number of hydrogen-bond donors (Lipinski definition) is 0. The molecule has 0 spiro atoms. The van der Waals surface area contributed by atoms with Gasteiger partial charge in [-0.25, -0.2) is 13.8 Å². The molecule has 124 valence electrons. The highest BCUT2D eigenvalue weighted by molar-refractivity contribution is 9.10. The van der Waals surface area contributed by atoms with E-state index < -0.39 is 11.6 Å². The second-order valence-electron chi connectivity index (χ2n) is 5.17. The molecule has 7 heteroatoms. The minimum Gasteiger partial charge on any atom is -0.307 e. The summed E-state index contributed by atoms with van der Waals surface area (Å²) in [6, 6.07) is 5.29. The van der Waals surface area contributed by atoms with Crippen LogP contribution in [0.15, 0.2) is 39.0 Å². The van der Waals surface area contributed by atoms with Gasteiger partial charge in [0, 0.05) is 12.1 Å². The quantitative estimate of drug-likeness (QED) is 0.608. The fourth-order valence-electron chi connectivity index (χ4n) is 2.66. The summed E-state index contributed by atoms with van der Waals surface area (Å²) in [5.41, 5.74) is 2.68. The molecule has 2 aromatic heterocycles. The molecule has 0 unspecified atom stereocenters. The number of aryl methyl sites for hydroxylation is 1. The molecular formula is C17H13BrF2N2OS. The van der Waals surface area contributed by atoms with Gasteiger partial charge in [0.15, 0.2) is 0 Å². The average Bonchev–Trinajstić information content (AvgIpc) is 2.96. The van der Waals surface area contributed by atoms with Crippen molar-refractivity contribution < 1.29 is 8.78 Å². The Labute approximate surface area is 149 Å². The van der Waals surface area contributed by atoms with E-state index in [2.05, 4.69) is 20.9 Å². The van der Waals surface area contributed by atoms with E-state index in [1.165, 1.54) is 34.1 Å². The number of pyridine rings is 1. The van der Waals surface area contributed by atoms with Crippen LogP contribution in [-0.2, 0) is 6.54 Å². The molecular weight excluding hydrogens is 398 g/mol. The number of thiazole rings is 1. The molecule has 3 nitrogen and oxygen atoms in total. The van der Waals surface area contributed by atoms with Crippen LogP contribution in [0.5, 0.6) is 0 Å². The van der Waals surface area contributed by atoms with Crippen molar-refractivity contribution in [2.24, 2.45) is 0 Å². The number of hydrogen-bond acceptors (Lipinski definition) is 3. The molecule has 1 aromatic carbocycles. The lowest BCUT2D eigenvalue weighted by Crippen LogP contribution is -2.23. The molecule has 0 aliphatic heterocycles. The summed E-state index contributed by atoms with van der Waals surface area (Å²) >= 11 is 4.62. The number of rotatable bonds is 3. The highest BCUT2D eigenvalue weighted by Gasteiger charge is 2.23. The Hall–Kier alpha value is -1.86. The third-order valence-corrected chi connectivity index (χ3v) is 5.28. The number of nitrogens with zero attached hydrogens (tertiary/aromatic N) is 2. The van der Waals surface area contributed by atoms with Crippen molar-refractivity contribution in [2.45, 2.75) is 20.4 Å². The molecule has 0 N–H and O–H groups in total. The Kier molecular flexibility index (Phi) is 4.64. The predicted octanol–water partition coefficient (Wildman–Crippen LogP) is 5.01. The summed E-state index contributed by atoms with van der Waals surface area (Å²) in [6.45, 7) is 3.87. The molecule has 3 rings (SSSR count). The van der Waals surface area contributed by atoms with E-state index in [4.69, 9.17) is 0 Å². The second-order valence-corrected chi connectivity index (χ2v) is 6.88. The molecule has 0 saturated carbocycles. The third-order valence-electron chi connectivity index (χ3n) is 3.75. The van der Waals surface area contributed by atoms with Gasteiger partial charge in [-0.05, 0) is 48.0 Å². The highest BCUT2D eigenvalue weighted by atomic mass is 79.9. The lowest BCUT2D eigenvalue weighted by atomic mass is 10.0. The standard InChI is InChI=1S/C17H13BrF2N2OS/c1-3-22-15(14-12(19)5-4-6-13(14)20)10(7-11(18)17(22)23)16-9(2)21-8-24-16/h4-8H,3H2,1-2H3. The van der Waals surface area contributed by atoms with E-state index in [9.17, 15) is 13.6 Å². The molecule has 3 aromatic rings. The van der Waals surface area contributed by atoms with Crippen LogP contribution >= 0.6 is 27.3 Å². The van der Waals surface area contributed by atoms with Gasteiger partial charge in [-0.15, -0.1) is 11.3 Å². The van der Waals surface area contributed by atoms with Crippen molar-refractivity contribution in [1.82, 2.24) is 9.55 Å². The van der Waals surface area contributed by atoms with Gasteiger partial charge in [0.05, 0.1) is 31.8 Å². The van der Waals surface area contributed by atoms with Crippen LogP contribution < -0.4 is 5.56 Å². The van der Waals surface area contributed by atoms with Crippen LogP contribution in [0.1, 0.15) is 12.6 Å². The molecule has 0 saturated heterocycles. The van der Waals surface area contributed by atoms with E-state index in [0.29, 0.717) is 10.0 Å². The largest absolute Gasteiger partial charge is 0.307 e. The summed E-state index contributed by atoms with van der Waals surface area (Å²) < 4.78 is 30.6. The van der Waals surface area contributed by atoms with Gasteiger partial charge >= 0.3 is 0 Å². The van der Waals surface area contributed by atoms with Crippen LogP contribution in [0.4, 0.5) is 8.78 Å². The van der Waals surface area contributed by atoms with E-state index >= 15 is 0 Å². The zero-order valence-corrected chi connectivity index (χ0v) is 15.3. The first-order valence-corrected chi connectivity index (χ1v) is 8.91.